The second kappa shape index (κ2) is 7.43. The van der Waals surface area contributed by atoms with Crippen LogP contribution in [0.15, 0.2) is 0 Å². The third kappa shape index (κ3) is 4.20. The Morgan fingerprint density at radius 2 is 1.76 bits per heavy atom. The zero-order chi connectivity index (χ0) is 15.5. The van der Waals surface area contributed by atoms with Crippen molar-refractivity contribution in [2.24, 2.45) is 17.6 Å². The molecule has 124 valence electrons. The molecule has 0 spiro atoms. The Hall–Kier alpha value is -0.120. The van der Waals surface area contributed by atoms with Gasteiger partial charge in [0, 0.05) is 44.3 Å². The standard InChI is InChI=1S/C18H37N3/c1-15(2)12-17-6-5-7-18(13-17,14-19)21-10-8-20(9-11-21)16(3)4/h15-17H,5-14,19H2,1-4H3. The van der Waals surface area contributed by atoms with Gasteiger partial charge in [-0.1, -0.05) is 26.7 Å². The number of hydrogen-bond donors (Lipinski definition) is 1. The van der Waals surface area contributed by atoms with Crippen molar-refractivity contribution in [3.8, 4) is 0 Å². The van der Waals surface area contributed by atoms with Crippen LogP contribution >= 0.6 is 0 Å². The van der Waals surface area contributed by atoms with Crippen molar-refractivity contribution >= 4 is 0 Å². The van der Waals surface area contributed by atoms with Crippen LogP contribution in [-0.4, -0.2) is 54.1 Å². The Morgan fingerprint density at radius 1 is 1.10 bits per heavy atom. The molecule has 3 nitrogen and oxygen atoms in total. The van der Waals surface area contributed by atoms with E-state index in [0.717, 1.165) is 18.4 Å². The first kappa shape index (κ1) is 17.2. The van der Waals surface area contributed by atoms with E-state index in [1.165, 1.54) is 58.3 Å². The summed E-state index contributed by atoms with van der Waals surface area (Å²) in [7, 11) is 0. The fourth-order valence-electron chi connectivity index (χ4n) is 4.64. The Balaban J connectivity index is 1.97. The van der Waals surface area contributed by atoms with Crippen LogP contribution in [0.1, 0.15) is 59.8 Å². The summed E-state index contributed by atoms with van der Waals surface area (Å²) in [6, 6.07) is 0.682. The van der Waals surface area contributed by atoms with E-state index < -0.39 is 0 Å². The number of hydrogen-bond acceptors (Lipinski definition) is 3. The lowest BCUT2D eigenvalue weighted by Crippen LogP contribution is -2.62. The molecule has 3 heteroatoms. The maximum atomic E-state index is 6.30. The molecule has 0 aromatic heterocycles. The van der Waals surface area contributed by atoms with E-state index in [1.54, 1.807) is 0 Å². The molecule has 1 aliphatic heterocycles. The Morgan fingerprint density at radius 3 is 2.29 bits per heavy atom. The highest BCUT2D eigenvalue weighted by Gasteiger charge is 2.41. The minimum Gasteiger partial charge on any atom is -0.329 e. The SMILES string of the molecule is CC(C)CC1CCCC(CN)(N2CCN(C(C)C)CC2)C1. The molecule has 2 fully saturated rings. The quantitative estimate of drug-likeness (QED) is 0.846. The molecule has 0 aromatic carbocycles. The van der Waals surface area contributed by atoms with Gasteiger partial charge in [0.2, 0.25) is 0 Å². The summed E-state index contributed by atoms with van der Waals surface area (Å²) in [5, 5.41) is 0. The molecule has 2 unspecified atom stereocenters. The van der Waals surface area contributed by atoms with Gasteiger partial charge in [-0.2, -0.15) is 0 Å². The number of nitrogens with two attached hydrogens (primary N) is 1. The van der Waals surface area contributed by atoms with E-state index in [2.05, 4.69) is 37.5 Å². The zero-order valence-corrected chi connectivity index (χ0v) is 14.8. The van der Waals surface area contributed by atoms with Gasteiger partial charge in [-0.15, -0.1) is 0 Å². The Kier molecular flexibility index (Phi) is 6.10. The van der Waals surface area contributed by atoms with E-state index in [9.17, 15) is 0 Å². The fourth-order valence-corrected chi connectivity index (χ4v) is 4.64. The molecule has 0 aromatic rings. The molecule has 1 saturated heterocycles. The molecule has 2 N–H and O–H groups in total. The molecular formula is C18H37N3. The van der Waals surface area contributed by atoms with Gasteiger partial charge in [0.1, 0.15) is 0 Å². The molecule has 1 saturated carbocycles. The fraction of sp³-hybridized carbons (Fsp3) is 1.00. The van der Waals surface area contributed by atoms with Crippen molar-refractivity contribution < 1.29 is 0 Å². The smallest absolute Gasteiger partial charge is 0.0335 e. The van der Waals surface area contributed by atoms with Crippen molar-refractivity contribution in [2.75, 3.05) is 32.7 Å². The second-order valence-corrected chi connectivity index (χ2v) is 8.14. The molecule has 0 bridgehead atoms. The predicted octanol–water partition coefficient (Wildman–Crippen LogP) is 2.95. The average molecular weight is 296 g/mol. The summed E-state index contributed by atoms with van der Waals surface area (Å²) in [5.74, 6) is 1.71. The van der Waals surface area contributed by atoms with Crippen LogP contribution in [0, 0.1) is 11.8 Å². The largest absolute Gasteiger partial charge is 0.329 e. The van der Waals surface area contributed by atoms with Crippen molar-refractivity contribution in [1.82, 2.24) is 9.80 Å². The van der Waals surface area contributed by atoms with E-state index >= 15 is 0 Å². The van der Waals surface area contributed by atoms with Crippen LogP contribution < -0.4 is 5.73 Å². The molecule has 2 atom stereocenters. The van der Waals surface area contributed by atoms with Gasteiger partial charge in [-0.3, -0.25) is 9.80 Å². The summed E-state index contributed by atoms with van der Waals surface area (Å²) in [6.07, 6.45) is 6.84. The van der Waals surface area contributed by atoms with Crippen molar-refractivity contribution in [1.29, 1.82) is 0 Å². The van der Waals surface area contributed by atoms with Gasteiger partial charge in [-0.25, -0.2) is 0 Å². The molecule has 0 radical (unpaired) electrons. The minimum absolute atomic E-state index is 0.306. The Bertz CT molecular complexity index is 308. The highest BCUT2D eigenvalue weighted by atomic mass is 15.3. The zero-order valence-electron chi connectivity index (χ0n) is 14.8. The van der Waals surface area contributed by atoms with Crippen molar-refractivity contribution in [3.05, 3.63) is 0 Å². The molecule has 21 heavy (non-hydrogen) atoms. The number of rotatable bonds is 5. The van der Waals surface area contributed by atoms with Crippen LogP contribution in [0.25, 0.3) is 0 Å². The van der Waals surface area contributed by atoms with Crippen molar-refractivity contribution in [2.45, 2.75) is 71.4 Å². The second-order valence-electron chi connectivity index (χ2n) is 8.14. The Labute approximate surface area is 132 Å². The number of nitrogens with zero attached hydrogens (tertiary/aromatic N) is 2. The van der Waals surface area contributed by atoms with E-state index in [4.69, 9.17) is 5.73 Å². The molecule has 1 aliphatic carbocycles. The van der Waals surface area contributed by atoms with Crippen LogP contribution in [0.3, 0.4) is 0 Å². The summed E-state index contributed by atoms with van der Waals surface area (Å²) < 4.78 is 0. The van der Waals surface area contributed by atoms with Crippen LogP contribution in [0.5, 0.6) is 0 Å². The molecule has 2 aliphatic rings. The summed E-state index contributed by atoms with van der Waals surface area (Å²) >= 11 is 0. The average Bonchev–Trinajstić information content (AvgIpc) is 2.46. The summed E-state index contributed by atoms with van der Waals surface area (Å²) in [6.45, 7) is 15.1. The van der Waals surface area contributed by atoms with Gasteiger partial charge in [-0.05, 0) is 44.9 Å². The van der Waals surface area contributed by atoms with E-state index in [-0.39, 0.29) is 0 Å². The van der Waals surface area contributed by atoms with Gasteiger partial charge in [0.25, 0.3) is 0 Å². The van der Waals surface area contributed by atoms with Gasteiger partial charge in [0.15, 0.2) is 0 Å². The highest BCUT2D eigenvalue weighted by molar-refractivity contribution is 4.98. The van der Waals surface area contributed by atoms with E-state index in [0.29, 0.717) is 11.6 Å². The summed E-state index contributed by atoms with van der Waals surface area (Å²) in [5.41, 5.74) is 6.61. The lowest BCUT2D eigenvalue weighted by molar-refractivity contribution is -0.0101. The molecule has 2 rings (SSSR count). The lowest BCUT2D eigenvalue weighted by atomic mass is 9.72. The monoisotopic (exact) mass is 295 g/mol. The normalized spacial score (nSPS) is 33.0. The maximum Gasteiger partial charge on any atom is 0.0335 e. The molecule has 1 heterocycles. The van der Waals surface area contributed by atoms with Crippen molar-refractivity contribution in [3.63, 3.8) is 0 Å². The maximum absolute atomic E-state index is 6.30. The van der Waals surface area contributed by atoms with E-state index in [1.807, 2.05) is 0 Å². The highest BCUT2D eigenvalue weighted by Crippen LogP contribution is 2.39. The van der Waals surface area contributed by atoms with Crippen LogP contribution in [-0.2, 0) is 0 Å². The number of piperazine rings is 1. The summed E-state index contributed by atoms with van der Waals surface area (Å²) in [4.78, 5) is 5.35. The minimum atomic E-state index is 0.306. The first-order chi connectivity index (χ1) is 9.97. The third-order valence-electron chi connectivity index (χ3n) is 5.82. The van der Waals surface area contributed by atoms with Gasteiger partial charge < -0.3 is 5.73 Å². The van der Waals surface area contributed by atoms with Crippen LogP contribution in [0.4, 0.5) is 0 Å². The topological polar surface area (TPSA) is 32.5 Å². The first-order valence-corrected chi connectivity index (χ1v) is 9.16. The molecule has 0 amide bonds. The molecular weight excluding hydrogens is 258 g/mol. The first-order valence-electron chi connectivity index (χ1n) is 9.16. The lowest BCUT2D eigenvalue weighted by Gasteiger charge is -2.51. The third-order valence-corrected chi connectivity index (χ3v) is 5.82. The van der Waals surface area contributed by atoms with Gasteiger partial charge in [0.05, 0.1) is 0 Å². The van der Waals surface area contributed by atoms with Crippen LogP contribution in [0.2, 0.25) is 0 Å². The van der Waals surface area contributed by atoms with Gasteiger partial charge >= 0.3 is 0 Å². The predicted molar refractivity (Wildman–Crippen MR) is 91.5 cm³/mol.